The number of nitrogens with one attached hydrogen (secondary N) is 2. The van der Waals surface area contributed by atoms with E-state index >= 15 is 0 Å². The first-order valence-corrected chi connectivity index (χ1v) is 10.4. The van der Waals surface area contributed by atoms with Crippen LogP contribution in [-0.4, -0.2) is 52.2 Å². The molecule has 7 nitrogen and oxygen atoms in total. The molecule has 1 saturated carbocycles. The molecule has 9 heteroatoms. The van der Waals surface area contributed by atoms with Crippen molar-refractivity contribution in [3.8, 4) is 0 Å². The molecule has 2 aliphatic heterocycles. The van der Waals surface area contributed by atoms with Crippen molar-refractivity contribution >= 4 is 46.5 Å². The second kappa shape index (κ2) is 7.79. The van der Waals surface area contributed by atoms with Crippen LogP contribution in [0.1, 0.15) is 39.0 Å². The molecule has 28 heavy (non-hydrogen) atoms. The number of piperazine rings is 1. The highest BCUT2D eigenvalue weighted by atomic mass is 35.5. The van der Waals surface area contributed by atoms with Gasteiger partial charge in [0.1, 0.15) is 12.4 Å². The van der Waals surface area contributed by atoms with Gasteiger partial charge < -0.3 is 15.1 Å². The molecular weight excluding hydrogens is 401 g/mol. The van der Waals surface area contributed by atoms with E-state index in [0.717, 1.165) is 37.9 Å². The largest absolute Gasteiger partial charge is 0.325 e. The minimum absolute atomic E-state index is 0.00901. The van der Waals surface area contributed by atoms with E-state index in [-0.39, 0.29) is 30.4 Å². The molecule has 0 bridgehead atoms. The van der Waals surface area contributed by atoms with Gasteiger partial charge in [0.2, 0.25) is 5.91 Å². The Morgan fingerprint density at radius 3 is 2.79 bits per heavy atom. The van der Waals surface area contributed by atoms with Gasteiger partial charge in [0.05, 0.1) is 22.8 Å². The fourth-order valence-corrected chi connectivity index (χ4v) is 4.79. The Bertz CT molecular complexity index is 831. The molecular formula is C19H23Cl2N5O2. The summed E-state index contributed by atoms with van der Waals surface area (Å²) in [5, 5.41) is 8.03. The molecule has 1 aromatic carbocycles. The summed E-state index contributed by atoms with van der Waals surface area (Å²) in [5.74, 6) is 0.526. The molecule has 3 atom stereocenters. The van der Waals surface area contributed by atoms with E-state index < -0.39 is 6.17 Å². The first-order chi connectivity index (χ1) is 13.5. The van der Waals surface area contributed by atoms with Crippen molar-refractivity contribution in [3.05, 3.63) is 28.2 Å². The summed E-state index contributed by atoms with van der Waals surface area (Å²) in [6, 6.07) is 5.09. The number of carbonyl (C=O) groups is 2. The van der Waals surface area contributed by atoms with Gasteiger partial charge in [-0.2, -0.15) is 5.10 Å². The lowest BCUT2D eigenvalue weighted by Crippen LogP contribution is -2.69. The van der Waals surface area contributed by atoms with Gasteiger partial charge in [-0.3, -0.25) is 15.0 Å². The Morgan fingerprint density at radius 1 is 1.29 bits per heavy atom. The smallest absolute Gasteiger partial charge is 0.268 e. The van der Waals surface area contributed by atoms with Crippen LogP contribution in [0.15, 0.2) is 23.3 Å². The molecule has 1 aliphatic carbocycles. The summed E-state index contributed by atoms with van der Waals surface area (Å²) in [6.45, 7) is 2.02. The predicted molar refractivity (Wildman–Crippen MR) is 109 cm³/mol. The maximum atomic E-state index is 13.2. The molecule has 1 aromatic rings. The Kier molecular flexibility index (Phi) is 5.38. The maximum absolute atomic E-state index is 13.2. The highest BCUT2D eigenvalue weighted by Crippen LogP contribution is 2.35. The van der Waals surface area contributed by atoms with Crippen molar-refractivity contribution < 1.29 is 9.59 Å². The predicted octanol–water partition coefficient (Wildman–Crippen LogP) is 3.04. The van der Waals surface area contributed by atoms with Gasteiger partial charge >= 0.3 is 0 Å². The van der Waals surface area contributed by atoms with E-state index in [1.807, 2.05) is 6.92 Å². The lowest BCUT2D eigenvalue weighted by atomic mass is 9.85. The van der Waals surface area contributed by atoms with Crippen LogP contribution >= 0.6 is 23.2 Å². The first kappa shape index (κ1) is 19.3. The van der Waals surface area contributed by atoms with Crippen LogP contribution in [0.4, 0.5) is 5.69 Å². The summed E-state index contributed by atoms with van der Waals surface area (Å²) < 4.78 is 0. The number of rotatable bonds is 4. The summed E-state index contributed by atoms with van der Waals surface area (Å²) in [7, 11) is 0. The second-order valence-electron chi connectivity index (χ2n) is 7.38. The zero-order valence-electron chi connectivity index (χ0n) is 15.6. The number of hydrogen-bond donors (Lipinski definition) is 2. The number of benzene rings is 1. The van der Waals surface area contributed by atoms with Crippen LogP contribution in [0.25, 0.3) is 0 Å². The number of halogens is 2. The molecule has 4 rings (SSSR count). The molecule has 2 heterocycles. The molecule has 2 N–H and O–H groups in total. The Labute approximate surface area is 174 Å². The number of hydrazone groups is 1. The lowest BCUT2D eigenvalue weighted by molar-refractivity contribution is -0.151. The van der Waals surface area contributed by atoms with Crippen LogP contribution in [0.3, 0.4) is 0 Å². The molecule has 1 saturated heterocycles. The van der Waals surface area contributed by atoms with Crippen molar-refractivity contribution in [3.63, 3.8) is 0 Å². The number of nitrogens with zero attached hydrogens (tertiary/aromatic N) is 3. The molecule has 0 spiro atoms. The van der Waals surface area contributed by atoms with E-state index in [4.69, 9.17) is 23.2 Å². The standard InChI is InChI=1S/C19H23Cl2N5O2/c1-2-16-23-24-18-19(28)25(14-5-3-4-6-15(14)26(16)18)10-17(27)22-13-9-11(20)7-8-12(13)21/h7-9,14-15,18,24H,2-6,10H2,1H3,(H,22,27). The topological polar surface area (TPSA) is 77.0 Å². The Morgan fingerprint density at radius 2 is 2.04 bits per heavy atom. The highest BCUT2D eigenvalue weighted by Gasteiger charge is 2.50. The number of hydrogen-bond acceptors (Lipinski definition) is 5. The molecule has 150 valence electrons. The fourth-order valence-electron chi connectivity index (χ4n) is 4.46. The quantitative estimate of drug-likeness (QED) is 0.779. The van der Waals surface area contributed by atoms with Gasteiger partial charge in [-0.1, -0.05) is 43.0 Å². The van der Waals surface area contributed by atoms with E-state index in [1.165, 1.54) is 0 Å². The minimum atomic E-state index is -0.517. The number of amides is 2. The number of amidine groups is 1. The second-order valence-corrected chi connectivity index (χ2v) is 8.22. The van der Waals surface area contributed by atoms with Crippen molar-refractivity contribution in [1.29, 1.82) is 0 Å². The molecule has 3 aliphatic rings. The average molecular weight is 424 g/mol. The van der Waals surface area contributed by atoms with E-state index in [0.29, 0.717) is 15.7 Å². The summed E-state index contributed by atoms with van der Waals surface area (Å²) in [4.78, 5) is 29.7. The normalized spacial score (nSPS) is 26.3. The van der Waals surface area contributed by atoms with Crippen molar-refractivity contribution in [2.75, 3.05) is 11.9 Å². The van der Waals surface area contributed by atoms with Gasteiger partial charge in [0, 0.05) is 11.4 Å². The Balaban J connectivity index is 1.53. The molecule has 0 radical (unpaired) electrons. The van der Waals surface area contributed by atoms with Crippen molar-refractivity contribution in [2.24, 2.45) is 5.10 Å². The number of carbonyl (C=O) groups excluding carboxylic acids is 2. The van der Waals surface area contributed by atoms with Crippen LogP contribution in [0, 0.1) is 0 Å². The third-order valence-corrected chi connectivity index (χ3v) is 6.26. The Hall–Kier alpha value is -1.99. The SMILES string of the molecule is CCC1=NNC2C(=O)N(CC(=O)Nc3cc(Cl)ccc3Cl)C3CCCCC3N12. The molecule has 2 amide bonds. The van der Waals surface area contributed by atoms with Gasteiger partial charge in [-0.25, -0.2) is 0 Å². The maximum Gasteiger partial charge on any atom is 0.268 e. The van der Waals surface area contributed by atoms with Gasteiger partial charge in [0.25, 0.3) is 5.91 Å². The van der Waals surface area contributed by atoms with E-state index in [1.54, 1.807) is 23.1 Å². The first-order valence-electron chi connectivity index (χ1n) is 9.65. The summed E-state index contributed by atoms with van der Waals surface area (Å²) >= 11 is 12.1. The zero-order valence-corrected chi connectivity index (χ0v) is 17.1. The van der Waals surface area contributed by atoms with E-state index in [9.17, 15) is 9.59 Å². The third kappa shape index (κ3) is 3.42. The highest BCUT2D eigenvalue weighted by molar-refractivity contribution is 6.35. The van der Waals surface area contributed by atoms with Crippen molar-refractivity contribution in [1.82, 2.24) is 15.2 Å². The average Bonchev–Trinajstić information content (AvgIpc) is 3.12. The lowest BCUT2D eigenvalue weighted by Gasteiger charge is -2.51. The fraction of sp³-hybridized carbons (Fsp3) is 0.526. The van der Waals surface area contributed by atoms with Crippen LogP contribution in [0.2, 0.25) is 10.0 Å². The number of anilines is 1. The summed E-state index contributed by atoms with van der Waals surface area (Å²) in [5.41, 5.74) is 3.41. The monoisotopic (exact) mass is 423 g/mol. The van der Waals surface area contributed by atoms with Crippen LogP contribution < -0.4 is 10.7 Å². The van der Waals surface area contributed by atoms with Gasteiger partial charge in [-0.05, 0) is 31.0 Å². The van der Waals surface area contributed by atoms with E-state index in [2.05, 4.69) is 20.7 Å². The molecule has 0 aromatic heterocycles. The zero-order chi connectivity index (χ0) is 19.8. The van der Waals surface area contributed by atoms with Crippen LogP contribution in [0.5, 0.6) is 0 Å². The number of fused-ring (bicyclic) bond motifs is 3. The van der Waals surface area contributed by atoms with Crippen molar-refractivity contribution in [2.45, 2.75) is 57.3 Å². The van der Waals surface area contributed by atoms with Gasteiger partial charge in [0.15, 0.2) is 6.17 Å². The van der Waals surface area contributed by atoms with Gasteiger partial charge in [-0.15, -0.1) is 0 Å². The third-order valence-electron chi connectivity index (χ3n) is 5.69. The molecule has 3 unspecified atom stereocenters. The minimum Gasteiger partial charge on any atom is -0.325 e. The summed E-state index contributed by atoms with van der Waals surface area (Å²) in [6.07, 6.45) is 4.31. The van der Waals surface area contributed by atoms with Crippen LogP contribution in [-0.2, 0) is 9.59 Å². The molecule has 2 fully saturated rings.